The van der Waals surface area contributed by atoms with Gasteiger partial charge in [-0.2, -0.15) is 4.67 Å². The number of hydrogen-bond acceptors (Lipinski definition) is 5. The number of carboxylic acids is 1. The Labute approximate surface area is 214 Å². The Bertz CT molecular complexity index is 1170. The second kappa shape index (κ2) is 12.4. The van der Waals surface area contributed by atoms with Crippen molar-refractivity contribution in [2.45, 2.75) is 45.3 Å². The molecule has 0 spiro atoms. The van der Waals surface area contributed by atoms with Crippen molar-refractivity contribution in [1.29, 1.82) is 0 Å². The number of thiophene rings is 1. The minimum Gasteiger partial charge on any atom is -0.480 e. The highest BCUT2D eigenvalue weighted by atomic mass is 32.1. The van der Waals surface area contributed by atoms with Crippen molar-refractivity contribution in [2.24, 2.45) is 5.92 Å². The summed E-state index contributed by atoms with van der Waals surface area (Å²) in [6, 6.07) is 13.0. The fourth-order valence-corrected chi connectivity index (χ4v) is 5.68. The van der Waals surface area contributed by atoms with Crippen LogP contribution in [0.5, 0.6) is 0 Å². The summed E-state index contributed by atoms with van der Waals surface area (Å²) < 4.78 is 13.5. The molecule has 0 radical (unpaired) electrons. The van der Waals surface area contributed by atoms with Crippen molar-refractivity contribution in [1.82, 2.24) is 9.65 Å². The lowest BCUT2D eigenvalue weighted by Gasteiger charge is -2.37. The number of pyridine rings is 1. The van der Waals surface area contributed by atoms with Crippen molar-refractivity contribution < 1.29 is 29.0 Å². The molecule has 2 atom stereocenters. The van der Waals surface area contributed by atoms with Gasteiger partial charge in [0.15, 0.2) is 0 Å². The maximum Gasteiger partial charge on any atom is 0.404 e. The summed E-state index contributed by atoms with van der Waals surface area (Å²) in [7, 11) is -4.91. The molecule has 0 bridgehead atoms. The first-order valence-corrected chi connectivity index (χ1v) is 13.9. The van der Waals surface area contributed by atoms with E-state index in [9.17, 15) is 29.0 Å². The number of amides is 1. The topological polar surface area (TPSA) is 131 Å². The van der Waals surface area contributed by atoms with Gasteiger partial charge in [0.1, 0.15) is 12.1 Å². The van der Waals surface area contributed by atoms with Gasteiger partial charge in [-0.15, -0.1) is 11.3 Å². The van der Waals surface area contributed by atoms with Gasteiger partial charge in [-0.25, -0.2) is 9.36 Å². The van der Waals surface area contributed by atoms with Gasteiger partial charge in [-0.3, -0.25) is 14.7 Å². The quantitative estimate of drug-likeness (QED) is 0.297. The molecule has 3 aromatic rings. The van der Waals surface area contributed by atoms with E-state index in [1.807, 2.05) is 19.9 Å². The number of rotatable bonds is 12. The number of benzene rings is 1. The minimum absolute atomic E-state index is 0.00599. The lowest BCUT2D eigenvalue weighted by molar-refractivity contribution is -0.140. The zero-order chi connectivity index (χ0) is 26.3. The Morgan fingerprint density at radius 1 is 1.03 bits per heavy atom. The second-order valence-corrected chi connectivity index (χ2v) is 11.4. The summed E-state index contributed by atoms with van der Waals surface area (Å²) in [4.78, 5) is 53.1. The normalized spacial score (nSPS) is 13.5. The molecule has 0 saturated carbocycles. The predicted octanol–water partition coefficient (Wildman–Crippen LogP) is 4.18. The molecule has 3 rings (SSSR count). The molecule has 0 aliphatic rings. The number of aliphatic carboxylic acids is 1. The zero-order valence-electron chi connectivity index (χ0n) is 20.0. The highest BCUT2D eigenvalue weighted by molar-refractivity contribution is 7.49. The fourth-order valence-electron chi connectivity index (χ4n) is 3.99. The highest BCUT2D eigenvalue weighted by Gasteiger charge is 2.43. The molecule has 9 nitrogen and oxygen atoms in total. The molecule has 1 aromatic carbocycles. The maximum absolute atomic E-state index is 14.2. The summed E-state index contributed by atoms with van der Waals surface area (Å²) >= 11 is 1.32. The molecule has 36 heavy (non-hydrogen) atoms. The van der Waals surface area contributed by atoms with Crippen molar-refractivity contribution in [3.05, 3.63) is 82.8 Å². The fraction of sp³-hybridized carbons (Fsp3) is 0.320. The molecule has 0 aliphatic carbocycles. The Morgan fingerprint density at radius 2 is 1.75 bits per heavy atom. The largest absolute Gasteiger partial charge is 0.480 e. The van der Waals surface area contributed by atoms with E-state index < -0.39 is 31.7 Å². The van der Waals surface area contributed by atoms with Crippen LogP contribution in [0.1, 0.15) is 30.7 Å². The van der Waals surface area contributed by atoms with Crippen molar-refractivity contribution in [3.63, 3.8) is 0 Å². The van der Waals surface area contributed by atoms with E-state index in [1.165, 1.54) is 23.7 Å². The van der Waals surface area contributed by atoms with E-state index in [1.54, 1.807) is 53.9 Å². The maximum atomic E-state index is 14.2. The molecule has 2 aromatic heterocycles. The Morgan fingerprint density at radius 3 is 2.28 bits per heavy atom. The van der Waals surface area contributed by atoms with Crippen molar-refractivity contribution >= 4 is 36.6 Å². The van der Waals surface area contributed by atoms with Gasteiger partial charge >= 0.3 is 13.7 Å². The Balaban J connectivity index is 2.10. The van der Waals surface area contributed by atoms with Gasteiger partial charge in [0, 0.05) is 24.0 Å². The van der Waals surface area contributed by atoms with Crippen LogP contribution in [0.3, 0.4) is 0 Å². The van der Waals surface area contributed by atoms with Crippen molar-refractivity contribution in [2.75, 3.05) is 4.90 Å². The summed E-state index contributed by atoms with van der Waals surface area (Å²) in [5.41, 5.74) is 0.943. The Hall–Kier alpha value is -2.88. The molecule has 3 N–H and O–H groups in total. The molecule has 2 heterocycles. The molecule has 0 saturated heterocycles. The number of anilines is 1. The molecular weight excluding hydrogens is 501 g/mol. The first kappa shape index (κ1) is 27.7. The van der Waals surface area contributed by atoms with Gasteiger partial charge in [0.2, 0.25) is 5.91 Å². The number of carbonyl (C=O) groups excluding carboxylic acids is 1. The lowest BCUT2D eigenvalue weighted by atomic mass is 9.99. The van der Waals surface area contributed by atoms with E-state index in [0.717, 1.165) is 9.57 Å². The van der Waals surface area contributed by atoms with Crippen LogP contribution in [-0.2, 0) is 27.1 Å². The van der Waals surface area contributed by atoms with E-state index >= 15 is 0 Å². The van der Waals surface area contributed by atoms with E-state index in [4.69, 9.17) is 0 Å². The van der Waals surface area contributed by atoms with E-state index in [2.05, 4.69) is 4.98 Å². The zero-order valence-corrected chi connectivity index (χ0v) is 21.8. The van der Waals surface area contributed by atoms with Gasteiger partial charge in [-0.1, -0.05) is 50.2 Å². The van der Waals surface area contributed by atoms with Gasteiger partial charge in [0.05, 0.1) is 11.9 Å². The highest BCUT2D eigenvalue weighted by Crippen LogP contribution is 2.45. The van der Waals surface area contributed by atoms with Crippen molar-refractivity contribution in [3.8, 4) is 0 Å². The van der Waals surface area contributed by atoms with Crippen LogP contribution in [0.2, 0.25) is 0 Å². The minimum atomic E-state index is -4.91. The van der Waals surface area contributed by atoms with Crippen LogP contribution in [-0.4, -0.2) is 48.5 Å². The molecule has 192 valence electrons. The number of carbonyl (C=O) groups is 2. The molecule has 2 unspecified atom stereocenters. The number of carboxylic acid groups (broad SMARTS) is 1. The van der Waals surface area contributed by atoms with Gasteiger partial charge in [-0.05, 0) is 41.5 Å². The molecule has 11 heteroatoms. The summed E-state index contributed by atoms with van der Waals surface area (Å²) in [5, 5.41) is 12.0. The first-order chi connectivity index (χ1) is 17.1. The molecule has 0 fully saturated rings. The van der Waals surface area contributed by atoms with Crippen LogP contribution in [0.25, 0.3) is 0 Å². The molecule has 1 amide bonds. The van der Waals surface area contributed by atoms with Crippen LogP contribution in [0.4, 0.5) is 5.69 Å². The van der Waals surface area contributed by atoms with E-state index in [0.29, 0.717) is 10.4 Å². The first-order valence-electron chi connectivity index (χ1n) is 11.4. The average Bonchev–Trinajstić information content (AvgIpc) is 3.34. The summed E-state index contributed by atoms with van der Waals surface area (Å²) in [6.45, 7) is 3.54. The van der Waals surface area contributed by atoms with Gasteiger partial charge in [0.25, 0.3) is 0 Å². The molecular formula is C25H30N3O6PS. The van der Waals surface area contributed by atoms with Crippen LogP contribution in [0, 0.1) is 5.92 Å². The number of aromatic nitrogens is 1. The second-order valence-electron chi connectivity index (χ2n) is 8.80. The third-order valence-electron chi connectivity index (χ3n) is 5.60. The number of hydrogen-bond donors (Lipinski definition) is 3. The smallest absolute Gasteiger partial charge is 0.404 e. The monoisotopic (exact) mass is 531 g/mol. The summed E-state index contributed by atoms with van der Waals surface area (Å²) in [6.07, 6.45) is 3.01. The number of nitrogens with zero attached hydrogens (tertiary/aromatic N) is 3. The standard InChI is InChI=1S/C25H30N3O6PS/c1-18(2)14-22(27(35(32,33)34)17-21-11-7-13-36-21)24(29)28(20-10-6-12-26-16-20)23(25(30)31)15-19-8-4-3-5-9-19/h3-13,16,18,22-23H,14-15,17H2,1-2H3,(H,30,31)(H2,32,33,34). The summed E-state index contributed by atoms with van der Waals surface area (Å²) in [5.74, 6) is -2.05. The lowest BCUT2D eigenvalue weighted by Crippen LogP contribution is -2.54. The Kier molecular flexibility index (Phi) is 9.53. The van der Waals surface area contributed by atoms with Crippen LogP contribution >= 0.6 is 19.1 Å². The van der Waals surface area contributed by atoms with Crippen LogP contribution in [0.15, 0.2) is 72.4 Å². The third-order valence-corrected chi connectivity index (χ3v) is 7.55. The third kappa shape index (κ3) is 7.32. The van der Waals surface area contributed by atoms with E-state index in [-0.39, 0.29) is 31.0 Å². The SMILES string of the molecule is CC(C)CC(C(=O)N(c1cccnc1)C(Cc1ccccc1)C(=O)O)N(Cc1cccs1)P(=O)(O)O. The van der Waals surface area contributed by atoms with Gasteiger partial charge < -0.3 is 14.9 Å². The molecule has 0 aliphatic heterocycles. The average molecular weight is 532 g/mol. The predicted molar refractivity (Wildman–Crippen MR) is 138 cm³/mol. The van der Waals surface area contributed by atoms with Crippen LogP contribution < -0.4 is 4.90 Å².